The molecule has 1 amide bonds. The minimum Gasteiger partial charge on any atom is -0.352 e. The van der Waals surface area contributed by atoms with Crippen LogP contribution >= 0.6 is 11.3 Å². The van der Waals surface area contributed by atoms with E-state index < -0.39 is 0 Å². The molecule has 0 aliphatic heterocycles. The number of carbonyl (C=O) groups is 2. The molecule has 0 aromatic carbocycles. The quantitative estimate of drug-likeness (QED) is 0.789. The van der Waals surface area contributed by atoms with Gasteiger partial charge in [0.25, 0.3) is 5.56 Å². The summed E-state index contributed by atoms with van der Waals surface area (Å²) in [4.78, 5) is 40.8. The number of aromatic amines is 1. The number of aryl methyl sites for hydroxylation is 4. The van der Waals surface area contributed by atoms with Crippen molar-refractivity contribution in [3.63, 3.8) is 0 Å². The molecule has 128 valence electrons. The lowest BCUT2D eigenvalue weighted by molar-refractivity contribution is -0.121. The van der Waals surface area contributed by atoms with Crippen LogP contribution in [0.1, 0.15) is 49.8 Å². The molecule has 0 radical (unpaired) electrons. The first-order valence-electron chi connectivity index (χ1n) is 7.84. The van der Waals surface area contributed by atoms with Crippen molar-refractivity contribution in [2.75, 3.05) is 0 Å². The lowest BCUT2D eigenvalue weighted by atomic mass is 10.1. The molecule has 0 saturated heterocycles. The summed E-state index contributed by atoms with van der Waals surface area (Å²) in [5.41, 5.74) is 2.70. The Bertz CT molecular complexity index is 833. The van der Waals surface area contributed by atoms with Gasteiger partial charge >= 0.3 is 0 Å². The van der Waals surface area contributed by atoms with E-state index in [0.29, 0.717) is 11.1 Å². The van der Waals surface area contributed by atoms with Crippen molar-refractivity contribution in [1.82, 2.24) is 10.3 Å². The van der Waals surface area contributed by atoms with Gasteiger partial charge in [0.05, 0.1) is 0 Å². The highest BCUT2D eigenvalue weighted by Gasteiger charge is 2.14. The molecule has 0 fully saturated rings. The molecule has 2 heterocycles. The lowest BCUT2D eigenvalue weighted by Gasteiger charge is -2.08. The third-order valence-corrected chi connectivity index (χ3v) is 4.84. The maximum Gasteiger partial charge on any atom is 0.253 e. The van der Waals surface area contributed by atoms with E-state index in [-0.39, 0.29) is 36.6 Å². The van der Waals surface area contributed by atoms with Gasteiger partial charge in [-0.2, -0.15) is 0 Å². The number of ketones is 1. The summed E-state index contributed by atoms with van der Waals surface area (Å²) in [7, 11) is 0. The highest BCUT2D eigenvalue weighted by molar-refractivity contribution is 7.12. The molecular formula is C18H22N2O3S. The summed E-state index contributed by atoms with van der Waals surface area (Å²) in [6, 6.07) is 3.74. The highest BCUT2D eigenvalue weighted by atomic mass is 32.1. The van der Waals surface area contributed by atoms with Gasteiger partial charge in [-0.1, -0.05) is 0 Å². The maximum absolute atomic E-state index is 12.2. The first-order chi connectivity index (χ1) is 11.3. The number of rotatable bonds is 6. The fourth-order valence-corrected chi connectivity index (χ4v) is 3.59. The van der Waals surface area contributed by atoms with Crippen molar-refractivity contribution >= 4 is 23.0 Å². The first-order valence-corrected chi connectivity index (χ1v) is 8.66. The third-order valence-electron chi connectivity index (χ3n) is 3.88. The van der Waals surface area contributed by atoms with E-state index in [9.17, 15) is 14.4 Å². The molecule has 2 aromatic heterocycles. The van der Waals surface area contributed by atoms with Gasteiger partial charge < -0.3 is 10.3 Å². The van der Waals surface area contributed by atoms with Crippen LogP contribution in [0.3, 0.4) is 0 Å². The number of Topliss-reactive ketones (excluding diaryl/α,β-unsaturated/α-hetero) is 1. The van der Waals surface area contributed by atoms with Crippen molar-refractivity contribution < 1.29 is 9.59 Å². The van der Waals surface area contributed by atoms with Gasteiger partial charge in [0, 0.05) is 46.0 Å². The van der Waals surface area contributed by atoms with Crippen molar-refractivity contribution in [2.24, 2.45) is 0 Å². The summed E-state index contributed by atoms with van der Waals surface area (Å²) in [6.07, 6.45) is 0.294. The average Bonchev–Trinajstić information content (AvgIpc) is 2.82. The van der Waals surface area contributed by atoms with Crippen LogP contribution in [0.5, 0.6) is 0 Å². The molecule has 0 saturated carbocycles. The van der Waals surface area contributed by atoms with Crippen molar-refractivity contribution in [3.8, 4) is 0 Å². The molecule has 0 atom stereocenters. The Hall–Kier alpha value is -2.21. The molecule has 0 aliphatic carbocycles. The second-order valence-corrected chi connectivity index (χ2v) is 7.43. The van der Waals surface area contributed by atoms with Gasteiger partial charge in [-0.25, -0.2) is 0 Å². The average molecular weight is 346 g/mol. The summed E-state index contributed by atoms with van der Waals surface area (Å²) in [6.45, 7) is 7.70. The summed E-state index contributed by atoms with van der Waals surface area (Å²) < 4.78 is 0. The van der Waals surface area contributed by atoms with Crippen molar-refractivity contribution in [3.05, 3.63) is 54.6 Å². The Balaban J connectivity index is 1.89. The number of hydrogen-bond acceptors (Lipinski definition) is 4. The van der Waals surface area contributed by atoms with E-state index in [1.165, 1.54) is 0 Å². The van der Waals surface area contributed by atoms with Crippen LogP contribution in [0.15, 0.2) is 16.9 Å². The fraction of sp³-hybridized carbons (Fsp3) is 0.389. The molecule has 0 unspecified atom stereocenters. The lowest BCUT2D eigenvalue weighted by Crippen LogP contribution is -2.28. The van der Waals surface area contributed by atoms with Gasteiger partial charge in [-0.3, -0.25) is 14.4 Å². The van der Waals surface area contributed by atoms with E-state index in [1.54, 1.807) is 11.3 Å². The standard InChI is InChI=1S/C18H22N2O3S/c1-10-7-11(2)20-18(23)15(10)9-19-17(22)6-5-16(21)14-8-12(3)24-13(14)4/h7-8H,5-6,9H2,1-4H3,(H,19,22)(H,20,23). The zero-order chi connectivity index (χ0) is 17.9. The van der Waals surface area contributed by atoms with Crippen LogP contribution in [0, 0.1) is 27.7 Å². The maximum atomic E-state index is 12.2. The van der Waals surface area contributed by atoms with Gasteiger partial charge in [0.2, 0.25) is 5.91 Å². The molecule has 2 N–H and O–H groups in total. The smallest absolute Gasteiger partial charge is 0.253 e. The highest BCUT2D eigenvalue weighted by Crippen LogP contribution is 2.22. The Morgan fingerprint density at radius 3 is 2.42 bits per heavy atom. The predicted molar refractivity (Wildman–Crippen MR) is 95.7 cm³/mol. The van der Waals surface area contributed by atoms with E-state index >= 15 is 0 Å². The van der Waals surface area contributed by atoms with Crippen molar-refractivity contribution in [1.29, 1.82) is 0 Å². The molecule has 0 spiro atoms. The van der Waals surface area contributed by atoms with Crippen LogP contribution in [0.2, 0.25) is 0 Å². The number of thiophene rings is 1. The van der Waals surface area contributed by atoms with Crippen LogP contribution in [-0.2, 0) is 11.3 Å². The summed E-state index contributed by atoms with van der Waals surface area (Å²) in [5.74, 6) is -0.247. The van der Waals surface area contributed by atoms with Gasteiger partial charge in [0.15, 0.2) is 5.78 Å². The second kappa shape index (κ2) is 7.57. The minimum absolute atomic E-state index is 0.0173. The number of pyridine rings is 1. The molecule has 2 rings (SSSR count). The first kappa shape index (κ1) is 18.1. The zero-order valence-corrected chi connectivity index (χ0v) is 15.2. The number of amides is 1. The van der Waals surface area contributed by atoms with Gasteiger partial charge in [0.1, 0.15) is 0 Å². The second-order valence-electron chi connectivity index (χ2n) is 5.97. The Morgan fingerprint density at radius 1 is 1.12 bits per heavy atom. The summed E-state index contributed by atoms with van der Waals surface area (Å²) in [5, 5.41) is 2.72. The topological polar surface area (TPSA) is 79.0 Å². The third kappa shape index (κ3) is 4.41. The van der Waals surface area contributed by atoms with Crippen LogP contribution < -0.4 is 10.9 Å². The van der Waals surface area contributed by atoms with Crippen molar-refractivity contribution in [2.45, 2.75) is 47.1 Å². The molecular weight excluding hydrogens is 324 g/mol. The zero-order valence-electron chi connectivity index (χ0n) is 14.4. The molecule has 24 heavy (non-hydrogen) atoms. The van der Waals surface area contributed by atoms with Gasteiger partial charge in [-0.15, -0.1) is 11.3 Å². The van der Waals surface area contributed by atoms with Crippen LogP contribution in [0.25, 0.3) is 0 Å². The molecule has 2 aromatic rings. The Morgan fingerprint density at radius 2 is 1.83 bits per heavy atom. The Labute approximate surface area is 145 Å². The summed E-state index contributed by atoms with van der Waals surface area (Å²) >= 11 is 1.58. The SMILES string of the molecule is Cc1cc(C)c(CNC(=O)CCC(=O)c2cc(C)sc2C)c(=O)[nH]1. The number of aromatic nitrogens is 1. The number of hydrogen-bond donors (Lipinski definition) is 2. The number of H-pyrrole nitrogens is 1. The number of carbonyl (C=O) groups excluding carboxylic acids is 2. The van der Waals surface area contributed by atoms with E-state index in [0.717, 1.165) is 21.0 Å². The monoisotopic (exact) mass is 346 g/mol. The molecule has 6 heteroatoms. The van der Waals surface area contributed by atoms with Gasteiger partial charge in [-0.05, 0) is 45.4 Å². The van der Waals surface area contributed by atoms with E-state index in [4.69, 9.17) is 0 Å². The van der Waals surface area contributed by atoms with E-state index in [2.05, 4.69) is 10.3 Å². The molecule has 0 bridgehead atoms. The number of nitrogens with one attached hydrogen (secondary N) is 2. The minimum atomic E-state index is -0.229. The predicted octanol–water partition coefficient (Wildman–Crippen LogP) is 2.95. The largest absolute Gasteiger partial charge is 0.352 e. The fourth-order valence-electron chi connectivity index (χ4n) is 2.65. The van der Waals surface area contributed by atoms with E-state index in [1.807, 2.05) is 39.8 Å². The van der Waals surface area contributed by atoms with Crippen LogP contribution in [-0.4, -0.2) is 16.7 Å². The Kier molecular flexibility index (Phi) is 5.72. The molecule has 0 aliphatic rings. The molecule has 5 nitrogen and oxygen atoms in total. The normalized spacial score (nSPS) is 10.7. The van der Waals surface area contributed by atoms with Crippen LogP contribution in [0.4, 0.5) is 0 Å².